The number of esters is 1. The third kappa shape index (κ3) is 6.70. The van der Waals surface area contributed by atoms with E-state index in [-0.39, 0.29) is 29.0 Å². The zero-order valence-corrected chi connectivity index (χ0v) is 17.9. The molecule has 1 fully saturated rings. The minimum atomic E-state index is -3.14. The summed E-state index contributed by atoms with van der Waals surface area (Å²) in [7, 11) is -3.14. The van der Waals surface area contributed by atoms with Crippen molar-refractivity contribution in [3.8, 4) is 0 Å². The van der Waals surface area contributed by atoms with Gasteiger partial charge in [0.15, 0.2) is 16.4 Å². The molecule has 2 rings (SSSR count). The SMILES string of the molecule is CC[C@@H](C)N(C(=O)COC(=O)CSc1ccc([N+](=O)[O-])cc1)[C@H]1CCS(=O)(=O)C1. The van der Waals surface area contributed by atoms with Gasteiger partial charge in [-0.3, -0.25) is 19.7 Å². The summed E-state index contributed by atoms with van der Waals surface area (Å²) >= 11 is 1.14. The molecule has 1 saturated heterocycles. The lowest BCUT2D eigenvalue weighted by Crippen LogP contribution is -2.48. The van der Waals surface area contributed by atoms with Gasteiger partial charge in [0.1, 0.15) is 0 Å². The number of hydrogen-bond acceptors (Lipinski definition) is 8. The Morgan fingerprint density at radius 3 is 2.52 bits per heavy atom. The van der Waals surface area contributed by atoms with E-state index in [9.17, 15) is 28.1 Å². The molecule has 0 radical (unpaired) electrons. The number of ether oxygens (including phenoxy) is 1. The molecule has 0 aromatic heterocycles. The van der Waals surface area contributed by atoms with Crippen LogP contribution in [0.5, 0.6) is 0 Å². The topological polar surface area (TPSA) is 124 Å². The Morgan fingerprint density at radius 2 is 2.00 bits per heavy atom. The molecule has 0 bridgehead atoms. The Bertz CT molecular complexity index is 855. The monoisotopic (exact) mass is 444 g/mol. The molecule has 11 heteroatoms. The summed E-state index contributed by atoms with van der Waals surface area (Å²) in [5.41, 5.74) is -0.0402. The van der Waals surface area contributed by atoms with E-state index in [1.165, 1.54) is 29.2 Å². The summed E-state index contributed by atoms with van der Waals surface area (Å²) in [4.78, 5) is 36.9. The lowest BCUT2D eigenvalue weighted by Gasteiger charge is -2.33. The summed E-state index contributed by atoms with van der Waals surface area (Å²) in [6, 6.07) is 5.21. The third-order valence-corrected chi connectivity index (χ3v) is 7.45. The van der Waals surface area contributed by atoms with E-state index in [4.69, 9.17) is 4.74 Å². The molecule has 2 atom stereocenters. The first-order valence-corrected chi connectivity index (χ1v) is 12.0. The largest absolute Gasteiger partial charge is 0.455 e. The molecule has 1 aromatic rings. The predicted molar refractivity (Wildman–Crippen MR) is 108 cm³/mol. The number of benzene rings is 1. The van der Waals surface area contributed by atoms with Crippen molar-refractivity contribution in [3.05, 3.63) is 34.4 Å². The number of nitro groups is 1. The van der Waals surface area contributed by atoms with Crippen molar-refractivity contribution in [2.75, 3.05) is 23.9 Å². The smallest absolute Gasteiger partial charge is 0.316 e. The summed E-state index contributed by atoms with van der Waals surface area (Å²) in [5.74, 6) is -1.05. The molecule has 1 aromatic carbocycles. The van der Waals surface area contributed by atoms with Crippen LogP contribution in [-0.2, 0) is 24.2 Å². The van der Waals surface area contributed by atoms with Crippen LogP contribution in [0.4, 0.5) is 5.69 Å². The average molecular weight is 445 g/mol. The molecular weight excluding hydrogens is 420 g/mol. The number of thioether (sulfide) groups is 1. The van der Waals surface area contributed by atoms with Crippen LogP contribution in [0.1, 0.15) is 26.7 Å². The molecule has 1 aliphatic heterocycles. The predicted octanol–water partition coefficient (Wildman–Crippen LogP) is 2.04. The fraction of sp³-hybridized carbons (Fsp3) is 0.556. The molecule has 0 aliphatic carbocycles. The van der Waals surface area contributed by atoms with Crippen LogP contribution in [0.15, 0.2) is 29.2 Å². The Kier molecular flexibility index (Phi) is 8.03. The molecular formula is C18H24N2O7S2. The van der Waals surface area contributed by atoms with Crippen LogP contribution in [-0.4, -0.2) is 66.1 Å². The molecule has 9 nitrogen and oxygen atoms in total. The summed E-state index contributed by atoms with van der Waals surface area (Å²) in [6.45, 7) is 3.30. The van der Waals surface area contributed by atoms with E-state index in [0.29, 0.717) is 17.7 Å². The number of hydrogen-bond donors (Lipinski definition) is 0. The molecule has 29 heavy (non-hydrogen) atoms. The molecule has 0 saturated carbocycles. The van der Waals surface area contributed by atoms with Crippen molar-refractivity contribution >= 4 is 39.2 Å². The number of nitro benzene ring substituents is 1. The molecule has 160 valence electrons. The second-order valence-corrected chi connectivity index (χ2v) is 10.1. The fourth-order valence-electron chi connectivity index (χ4n) is 3.07. The number of non-ortho nitro benzene ring substituents is 1. The van der Waals surface area contributed by atoms with E-state index in [1.807, 2.05) is 13.8 Å². The maximum absolute atomic E-state index is 12.6. The van der Waals surface area contributed by atoms with Gasteiger partial charge in [-0.1, -0.05) is 6.92 Å². The van der Waals surface area contributed by atoms with Crippen LogP contribution in [0.2, 0.25) is 0 Å². The highest BCUT2D eigenvalue weighted by Gasteiger charge is 2.36. The van der Waals surface area contributed by atoms with Crippen molar-refractivity contribution in [1.29, 1.82) is 0 Å². The second kappa shape index (κ2) is 10.1. The maximum atomic E-state index is 12.6. The van der Waals surface area contributed by atoms with Gasteiger partial charge in [-0.05, 0) is 31.9 Å². The number of nitrogens with zero attached hydrogens (tertiary/aromatic N) is 2. The third-order valence-electron chi connectivity index (χ3n) is 4.72. The van der Waals surface area contributed by atoms with Gasteiger partial charge in [0.2, 0.25) is 0 Å². The minimum absolute atomic E-state index is 0.0402. The highest BCUT2D eigenvalue weighted by Crippen LogP contribution is 2.23. The first kappa shape index (κ1) is 23.1. The van der Waals surface area contributed by atoms with Crippen molar-refractivity contribution in [1.82, 2.24) is 4.90 Å². The van der Waals surface area contributed by atoms with Gasteiger partial charge in [0.05, 0.1) is 22.2 Å². The standard InChI is InChI=1S/C18H24N2O7S2/c1-3-13(2)19(15-8-9-29(25,26)12-15)17(21)10-27-18(22)11-28-16-6-4-14(5-7-16)20(23)24/h4-7,13,15H,3,8-12H2,1-2H3/t13-,15+/m1/s1. The number of carbonyl (C=O) groups is 2. The first-order chi connectivity index (χ1) is 13.6. The van der Waals surface area contributed by atoms with Crippen LogP contribution in [0.3, 0.4) is 0 Å². The zero-order chi connectivity index (χ0) is 21.6. The number of sulfone groups is 1. The lowest BCUT2D eigenvalue weighted by atomic mass is 10.1. The number of amides is 1. The van der Waals surface area contributed by atoms with Gasteiger partial charge in [-0.25, -0.2) is 8.42 Å². The Hall–Kier alpha value is -2.14. The quantitative estimate of drug-likeness (QED) is 0.245. The van der Waals surface area contributed by atoms with Gasteiger partial charge in [-0.15, -0.1) is 11.8 Å². The van der Waals surface area contributed by atoms with Crippen LogP contribution in [0.25, 0.3) is 0 Å². The highest BCUT2D eigenvalue weighted by atomic mass is 32.2. The number of carbonyl (C=O) groups excluding carboxylic acids is 2. The van der Waals surface area contributed by atoms with Crippen LogP contribution >= 0.6 is 11.8 Å². The molecule has 0 N–H and O–H groups in total. The van der Waals surface area contributed by atoms with Gasteiger partial charge in [0.25, 0.3) is 11.6 Å². The average Bonchev–Trinajstić information content (AvgIpc) is 3.04. The normalized spacial score (nSPS) is 18.8. The Balaban J connectivity index is 1.86. The van der Waals surface area contributed by atoms with E-state index in [1.54, 1.807) is 0 Å². The van der Waals surface area contributed by atoms with E-state index >= 15 is 0 Å². The van der Waals surface area contributed by atoms with Crippen molar-refractivity contribution < 1.29 is 27.7 Å². The Morgan fingerprint density at radius 1 is 1.34 bits per heavy atom. The first-order valence-electron chi connectivity index (χ1n) is 9.17. The van der Waals surface area contributed by atoms with E-state index in [0.717, 1.165) is 11.8 Å². The van der Waals surface area contributed by atoms with Crippen molar-refractivity contribution in [3.63, 3.8) is 0 Å². The lowest BCUT2D eigenvalue weighted by molar-refractivity contribution is -0.384. The molecule has 0 spiro atoms. The van der Waals surface area contributed by atoms with Gasteiger partial charge in [0, 0.05) is 29.1 Å². The van der Waals surface area contributed by atoms with Gasteiger partial charge >= 0.3 is 5.97 Å². The van der Waals surface area contributed by atoms with E-state index in [2.05, 4.69) is 0 Å². The molecule has 0 unspecified atom stereocenters. The second-order valence-electron chi connectivity index (χ2n) is 6.82. The van der Waals surface area contributed by atoms with Gasteiger partial charge in [-0.2, -0.15) is 0 Å². The summed E-state index contributed by atoms with van der Waals surface area (Å²) < 4.78 is 28.6. The fourth-order valence-corrected chi connectivity index (χ4v) is 5.47. The zero-order valence-electron chi connectivity index (χ0n) is 16.3. The molecule has 1 aliphatic rings. The minimum Gasteiger partial charge on any atom is -0.455 e. The highest BCUT2D eigenvalue weighted by molar-refractivity contribution is 8.00. The summed E-state index contributed by atoms with van der Waals surface area (Å²) in [6.07, 6.45) is 1.05. The summed E-state index contributed by atoms with van der Waals surface area (Å²) in [5, 5.41) is 10.6. The van der Waals surface area contributed by atoms with Crippen LogP contribution in [0, 0.1) is 10.1 Å². The molecule has 1 amide bonds. The van der Waals surface area contributed by atoms with Gasteiger partial charge < -0.3 is 9.64 Å². The van der Waals surface area contributed by atoms with Crippen LogP contribution < -0.4 is 0 Å². The van der Waals surface area contributed by atoms with E-state index < -0.39 is 39.3 Å². The van der Waals surface area contributed by atoms with Crippen molar-refractivity contribution in [2.45, 2.75) is 43.7 Å². The number of rotatable bonds is 9. The molecule has 1 heterocycles. The van der Waals surface area contributed by atoms with Crippen molar-refractivity contribution in [2.24, 2.45) is 0 Å². The Labute approximate surface area is 173 Å². The maximum Gasteiger partial charge on any atom is 0.316 e.